The second-order valence-corrected chi connectivity index (χ2v) is 7.55. The van der Waals surface area contributed by atoms with Crippen LogP contribution in [0.3, 0.4) is 0 Å². The van der Waals surface area contributed by atoms with Crippen LogP contribution in [0.15, 0.2) is 47.4 Å². The Morgan fingerprint density at radius 2 is 1.96 bits per heavy atom. The summed E-state index contributed by atoms with van der Waals surface area (Å²) in [6, 6.07) is 13.9. The van der Waals surface area contributed by atoms with Gasteiger partial charge in [0.2, 0.25) is 0 Å². The van der Waals surface area contributed by atoms with Crippen molar-refractivity contribution in [1.29, 1.82) is 0 Å². The summed E-state index contributed by atoms with van der Waals surface area (Å²) in [4.78, 5) is 26.3. The number of hydrogen-bond donors (Lipinski definition) is 0. The lowest BCUT2D eigenvalue weighted by atomic mass is 10.0. The standard InChI is InChI=1S/C19H17NO3S2/c1-12(2)23-17(21)11-20-18(22)16(25-19(20)24)10-14-8-5-7-13-6-3-4-9-15(13)14/h3-10,12H,11H2,1-2H3. The molecule has 25 heavy (non-hydrogen) atoms. The van der Waals surface area contributed by atoms with Gasteiger partial charge in [-0.15, -0.1) is 0 Å². The summed E-state index contributed by atoms with van der Waals surface area (Å²) in [6.07, 6.45) is 1.60. The molecule has 1 amide bonds. The highest BCUT2D eigenvalue weighted by Crippen LogP contribution is 2.33. The zero-order chi connectivity index (χ0) is 18.0. The normalized spacial score (nSPS) is 16.3. The van der Waals surface area contributed by atoms with Crippen LogP contribution < -0.4 is 0 Å². The predicted molar refractivity (Wildman–Crippen MR) is 105 cm³/mol. The fourth-order valence-corrected chi connectivity index (χ4v) is 3.83. The van der Waals surface area contributed by atoms with E-state index in [0.717, 1.165) is 16.3 Å². The van der Waals surface area contributed by atoms with Crippen LogP contribution in [0.2, 0.25) is 0 Å². The van der Waals surface area contributed by atoms with Crippen molar-refractivity contribution in [2.45, 2.75) is 20.0 Å². The van der Waals surface area contributed by atoms with E-state index in [9.17, 15) is 9.59 Å². The van der Waals surface area contributed by atoms with Gasteiger partial charge in [0.15, 0.2) is 0 Å². The second kappa shape index (κ2) is 7.37. The van der Waals surface area contributed by atoms with E-state index < -0.39 is 5.97 Å². The minimum absolute atomic E-state index is 0.157. The molecule has 0 saturated carbocycles. The van der Waals surface area contributed by atoms with Crippen molar-refractivity contribution in [3.63, 3.8) is 0 Å². The number of rotatable bonds is 4. The highest BCUT2D eigenvalue weighted by molar-refractivity contribution is 8.26. The smallest absolute Gasteiger partial charge is 0.326 e. The maximum absolute atomic E-state index is 12.6. The molecule has 1 fully saturated rings. The quantitative estimate of drug-likeness (QED) is 0.462. The molecule has 4 nitrogen and oxygen atoms in total. The molecule has 0 bridgehead atoms. The number of nitrogens with zero attached hydrogens (tertiary/aromatic N) is 1. The molecule has 0 atom stereocenters. The SMILES string of the molecule is CC(C)OC(=O)CN1C(=O)C(=Cc2cccc3ccccc23)SC1=S. The van der Waals surface area contributed by atoms with E-state index in [0.29, 0.717) is 9.23 Å². The molecule has 2 aromatic carbocycles. The van der Waals surface area contributed by atoms with Crippen molar-refractivity contribution in [2.24, 2.45) is 0 Å². The second-order valence-electron chi connectivity index (χ2n) is 5.87. The summed E-state index contributed by atoms with van der Waals surface area (Å²) >= 11 is 6.47. The lowest BCUT2D eigenvalue weighted by Gasteiger charge is -2.14. The number of benzene rings is 2. The van der Waals surface area contributed by atoms with E-state index in [4.69, 9.17) is 17.0 Å². The number of hydrogen-bond acceptors (Lipinski definition) is 5. The molecule has 128 valence electrons. The van der Waals surface area contributed by atoms with Crippen molar-refractivity contribution in [3.05, 3.63) is 52.9 Å². The van der Waals surface area contributed by atoms with Crippen LogP contribution in [0.1, 0.15) is 19.4 Å². The number of carbonyl (C=O) groups excluding carboxylic acids is 2. The van der Waals surface area contributed by atoms with Gasteiger partial charge in [-0.1, -0.05) is 66.4 Å². The highest BCUT2D eigenvalue weighted by atomic mass is 32.2. The number of ether oxygens (including phenoxy) is 1. The van der Waals surface area contributed by atoms with Gasteiger partial charge in [-0.05, 0) is 36.3 Å². The van der Waals surface area contributed by atoms with Crippen LogP contribution >= 0.6 is 24.0 Å². The number of thioether (sulfide) groups is 1. The van der Waals surface area contributed by atoms with E-state index in [1.54, 1.807) is 13.8 Å². The molecule has 0 aliphatic carbocycles. The molecule has 0 spiro atoms. The Hall–Kier alpha value is -2.18. The first-order valence-corrected chi connectivity index (χ1v) is 9.11. The summed E-state index contributed by atoms with van der Waals surface area (Å²) in [5.74, 6) is -0.721. The van der Waals surface area contributed by atoms with Gasteiger partial charge in [0.1, 0.15) is 10.9 Å². The lowest BCUT2D eigenvalue weighted by molar-refractivity contribution is -0.149. The third kappa shape index (κ3) is 3.91. The Balaban J connectivity index is 1.86. The minimum Gasteiger partial charge on any atom is -0.462 e. The third-order valence-electron chi connectivity index (χ3n) is 3.64. The van der Waals surface area contributed by atoms with Gasteiger partial charge >= 0.3 is 5.97 Å². The Morgan fingerprint density at radius 3 is 2.72 bits per heavy atom. The first-order chi connectivity index (χ1) is 12.0. The van der Waals surface area contributed by atoms with Gasteiger partial charge in [0, 0.05) is 0 Å². The summed E-state index contributed by atoms with van der Waals surface area (Å²) in [6.45, 7) is 3.38. The lowest BCUT2D eigenvalue weighted by Crippen LogP contribution is -2.35. The van der Waals surface area contributed by atoms with E-state index in [2.05, 4.69) is 0 Å². The summed E-state index contributed by atoms with van der Waals surface area (Å²) in [5, 5.41) is 2.17. The van der Waals surface area contributed by atoms with Crippen LogP contribution in [0, 0.1) is 0 Å². The van der Waals surface area contributed by atoms with Crippen LogP contribution in [0.4, 0.5) is 0 Å². The zero-order valence-corrected chi connectivity index (χ0v) is 15.5. The van der Waals surface area contributed by atoms with Crippen molar-refractivity contribution in [1.82, 2.24) is 4.90 Å². The summed E-state index contributed by atoms with van der Waals surface area (Å²) in [7, 11) is 0. The molecule has 2 aromatic rings. The molecular formula is C19H17NO3S2. The van der Waals surface area contributed by atoms with Crippen molar-refractivity contribution in [2.75, 3.05) is 6.54 Å². The van der Waals surface area contributed by atoms with Crippen molar-refractivity contribution >= 4 is 57.0 Å². The predicted octanol–water partition coefficient (Wildman–Crippen LogP) is 3.99. The van der Waals surface area contributed by atoms with Gasteiger partial charge in [0.25, 0.3) is 5.91 Å². The topological polar surface area (TPSA) is 46.6 Å². The maximum atomic E-state index is 12.6. The average Bonchev–Trinajstić information content (AvgIpc) is 2.82. The Morgan fingerprint density at radius 1 is 1.24 bits per heavy atom. The largest absolute Gasteiger partial charge is 0.462 e. The summed E-state index contributed by atoms with van der Waals surface area (Å²) < 4.78 is 5.47. The zero-order valence-electron chi connectivity index (χ0n) is 13.9. The van der Waals surface area contributed by atoms with Crippen LogP contribution in [-0.2, 0) is 14.3 Å². The van der Waals surface area contributed by atoms with E-state index in [1.807, 2.05) is 48.5 Å². The molecule has 0 aromatic heterocycles. The van der Waals surface area contributed by atoms with E-state index >= 15 is 0 Å². The van der Waals surface area contributed by atoms with Gasteiger partial charge < -0.3 is 4.74 Å². The third-order valence-corrected chi connectivity index (χ3v) is 5.02. The Bertz CT molecular complexity index is 884. The molecule has 1 heterocycles. The maximum Gasteiger partial charge on any atom is 0.326 e. The molecule has 3 rings (SSSR count). The highest BCUT2D eigenvalue weighted by Gasteiger charge is 2.34. The number of thiocarbonyl (C=S) groups is 1. The van der Waals surface area contributed by atoms with Crippen molar-refractivity contribution < 1.29 is 14.3 Å². The fraction of sp³-hybridized carbons (Fsp3) is 0.211. The Kier molecular flexibility index (Phi) is 5.20. The molecule has 1 aliphatic heterocycles. The molecule has 1 aliphatic rings. The van der Waals surface area contributed by atoms with E-state index in [1.165, 1.54) is 16.7 Å². The number of esters is 1. The fourth-order valence-electron chi connectivity index (χ4n) is 2.58. The number of carbonyl (C=O) groups is 2. The first-order valence-electron chi connectivity index (χ1n) is 7.88. The van der Waals surface area contributed by atoms with Crippen LogP contribution in [-0.4, -0.2) is 33.7 Å². The van der Waals surface area contributed by atoms with E-state index in [-0.39, 0.29) is 18.6 Å². The average molecular weight is 371 g/mol. The van der Waals surface area contributed by atoms with Gasteiger partial charge in [-0.3, -0.25) is 14.5 Å². The molecule has 0 unspecified atom stereocenters. The van der Waals surface area contributed by atoms with Crippen molar-refractivity contribution in [3.8, 4) is 0 Å². The summed E-state index contributed by atoms with van der Waals surface area (Å²) in [5.41, 5.74) is 0.948. The molecule has 0 N–H and O–H groups in total. The number of fused-ring (bicyclic) bond motifs is 1. The molecule has 6 heteroatoms. The first kappa shape index (κ1) is 17.6. The Labute approximate surface area is 155 Å². The molecular weight excluding hydrogens is 354 g/mol. The van der Waals surface area contributed by atoms with Gasteiger partial charge in [-0.25, -0.2) is 0 Å². The minimum atomic E-state index is -0.460. The molecule has 0 radical (unpaired) electrons. The van der Waals surface area contributed by atoms with Gasteiger partial charge in [-0.2, -0.15) is 0 Å². The molecule has 1 saturated heterocycles. The van der Waals surface area contributed by atoms with Gasteiger partial charge in [0.05, 0.1) is 11.0 Å². The van der Waals surface area contributed by atoms with Crippen LogP contribution in [0.25, 0.3) is 16.8 Å². The monoisotopic (exact) mass is 371 g/mol. The number of amides is 1. The van der Waals surface area contributed by atoms with Crippen LogP contribution in [0.5, 0.6) is 0 Å².